The standard InChI is InChI=1S/C12H13IN2O3/c1-15(8-3-4-8)12(18)14-10-5-2-7(13)6-9(10)11(16)17/h2,5-6,8H,3-4H2,1H3,(H,14,18)(H,16,17). The molecule has 0 spiro atoms. The van der Waals surface area contributed by atoms with E-state index in [1.54, 1.807) is 24.1 Å². The van der Waals surface area contributed by atoms with Crippen LogP contribution in [-0.4, -0.2) is 35.1 Å². The monoisotopic (exact) mass is 360 g/mol. The lowest BCUT2D eigenvalue weighted by Crippen LogP contribution is -2.33. The minimum Gasteiger partial charge on any atom is -0.478 e. The first-order valence-corrected chi connectivity index (χ1v) is 6.63. The zero-order valence-electron chi connectivity index (χ0n) is 9.81. The van der Waals surface area contributed by atoms with Crippen molar-refractivity contribution in [2.24, 2.45) is 0 Å². The van der Waals surface area contributed by atoms with E-state index in [2.05, 4.69) is 5.32 Å². The molecule has 96 valence electrons. The van der Waals surface area contributed by atoms with Gasteiger partial charge < -0.3 is 15.3 Å². The van der Waals surface area contributed by atoms with Crippen LogP contribution in [0.2, 0.25) is 0 Å². The summed E-state index contributed by atoms with van der Waals surface area (Å²) < 4.78 is 0.818. The Morgan fingerprint density at radius 1 is 1.44 bits per heavy atom. The number of aromatic carboxylic acids is 1. The van der Waals surface area contributed by atoms with Crippen LogP contribution in [0.5, 0.6) is 0 Å². The molecule has 5 nitrogen and oxygen atoms in total. The van der Waals surface area contributed by atoms with Gasteiger partial charge in [0.25, 0.3) is 0 Å². The van der Waals surface area contributed by atoms with Gasteiger partial charge in [0.15, 0.2) is 0 Å². The molecule has 0 heterocycles. The van der Waals surface area contributed by atoms with Crippen LogP contribution < -0.4 is 5.32 Å². The highest BCUT2D eigenvalue weighted by Crippen LogP contribution is 2.26. The topological polar surface area (TPSA) is 69.6 Å². The Hall–Kier alpha value is -1.31. The van der Waals surface area contributed by atoms with Crippen LogP contribution in [0.1, 0.15) is 23.2 Å². The Morgan fingerprint density at radius 2 is 2.11 bits per heavy atom. The lowest BCUT2D eigenvalue weighted by Gasteiger charge is -2.18. The lowest BCUT2D eigenvalue weighted by atomic mass is 10.2. The summed E-state index contributed by atoms with van der Waals surface area (Å²) in [5, 5.41) is 11.7. The van der Waals surface area contributed by atoms with Crippen molar-refractivity contribution in [2.45, 2.75) is 18.9 Å². The molecule has 2 N–H and O–H groups in total. The maximum atomic E-state index is 11.9. The number of carbonyl (C=O) groups excluding carboxylic acids is 1. The molecule has 1 saturated carbocycles. The normalized spacial score (nSPS) is 14.1. The highest BCUT2D eigenvalue weighted by atomic mass is 127. The SMILES string of the molecule is CN(C(=O)Nc1ccc(I)cc1C(=O)O)C1CC1. The van der Waals surface area contributed by atoms with Crippen LogP contribution in [0.25, 0.3) is 0 Å². The fraction of sp³-hybridized carbons (Fsp3) is 0.333. The Balaban J connectivity index is 2.17. The van der Waals surface area contributed by atoms with Crippen LogP contribution in [0.15, 0.2) is 18.2 Å². The number of anilines is 1. The molecule has 18 heavy (non-hydrogen) atoms. The molecule has 0 bridgehead atoms. The van der Waals surface area contributed by atoms with Crippen molar-refractivity contribution in [1.29, 1.82) is 0 Å². The largest absolute Gasteiger partial charge is 0.478 e. The molecule has 6 heteroatoms. The van der Waals surface area contributed by atoms with Gasteiger partial charge in [0.1, 0.15) is 0 Å². The number of nitrogens with zero attached hydrogens (tertiary/aromatic N) is 1. The molecule has 1 aromatic carbocycles. The van der Waals surface area contributed by atoms with Gasteiger partial charge in [-0.05, 0) is 53.6 Å². The van der Waals surface area contributed by atoms with Gasteiger partial charge in [-0.3, -0.25) is 0 Å². The van der Waals surface area contributed by atoms with E-state index in [9.17, 15) is 9.59 Å². The van der Waals surface area contributed by atoms with Crippen LogP contribution >= 0.6 is 22.6 Å². The second-order valence-corrected chi connectivity index (χ2v) is 5.51. The number of urea groups is 1. The van der Waals surface area contributed by atoms with E-state index in [-0.39, 0.29) is 11.6 Å². The fourth-order valence-corrected chi connectivity index (χ4v) is 2.12. The molecule has 1 aliphatic carbocycles. The summed E-state index contributed by atoms with van der Waals surface area (Å²) in [6.45, 7) is 0. The fourth-order valence-electron chi connectivity index (χ4n) is 1.63. The van der Waals surface area contributed by atoms with E-state index >= 15 is 0 Å². The number of carbonyl (C=O) groups is 2. The summed E-state index contributed by atoms with van der Waals surface area (Å²) in [5.41, 5.74) is 0.444. The van der Waals surface area contributed by atoms with Crippen molar-refractivity contribution in [3.63, 3.8) is 0 Å². The number of hydrogen-bond acceptors (Lipinski definition) is 2. The molecule has 0 saturated heterocycles. The van der Waals surface area contributed by atoms with Crippen LogP contribution in [0.3, 0.4) is 0 Å². The average molecular weight is 360 g/mol. The summed E-state index contributed by atoms with van der Waals surface area (Å²) in [4.78, 5) is 24.6. The number of carboxylic acids is 1. The number of benzene rings is 1. The average Bonchev–Trinajstić information content (AvgIpc) is 3.14. The third-order valence-electron chi connectivity index (χ3n) is 2.87. The maximum absolute atomic E-state index is 11.9. The van der Waals surface area contributed by atoms with Gasteiger partial charge in [0.05, 0.1) is 11.3 Å². The van der Waals surface area contributed by atoms with Gasteiger partial charge in [-0.2, -0.15) is 0 Å². The minimum absolute atomic E-state index is 0.111. The van der Waals surface area contributed by atoms with Crippen LogP contribution in [-0.2, 0) is 0 Å². The molecule has 0 radical (unpaired) electrons. The summed E-state index contributed by atoms with van der Waals surface area (Å²) in [7, 11) is 1.72. The van der Waals surface area contributed by atoms with Gasteiger partial charge in [0.2, 0.25) is 0 Å². The van der Waals surface area contributed by atoms with Gasteiger partial charge in [-0.25, -0.2) is 9.59 Å². The molecular weight excluding hydrogens is 347 g/mol. The Kier molecular flexibility index (Phi) is 3.74. The molecular formula is C12H13IN2O3. The number of nitrogens with one attached hydrogen (secondary N) is 1. The van der Waals surface area contributed by atoms with E-state index in [0.29, 0.717) is 11.7 Å². The van der Waals surface area contributed by atoms with Crippen molar-refractivity contribution >= 4 is 40.3 Å². The molecule has 0 aliphatic heterocycles. The molecule has 2 amide bonds. The second-order valence-electron chi connectivity index (χ2n) is 4.27. The molecule has 2 rings (SSSR count). The molecule has 1 aromatic rings. The van der Waals surface area contributed by atoms with Crippen LogP contribution in [0.4, 0.5) is 10.5 Å². The summed E-state index contributed by atoms with van der Waals surface area (Å²) >= 11 is 2.04. The summed E-state index contributed by atoms with van der Waals surface area (Å²) in [5.74, 6) is -1.04. The van der Waals surface area contributed by atoms with Crippen molar-refractivity contribution in [3.8, 4) is 0 Å². The highest BCUT2D eigenvalue weighted by Gasteiger charge is 2.30. The Morgan fingerprint density at radius 3 is 2.67 bits per heavy atom. The van der Waals surface area contributed by atoms with E-state index in [4.69, 9.17) is 5.11 Å². The van der Waals surface area contributed by atoms with Gasteiger partial charge >= 0.3 is 12.0 Å². The van der Waals surface area contributed by atoms with Crippen molar-refractivity contribution in [2.75, 3.05) is 12.4 Å². The van der Waals surface area contributed by atoms with Gasteiger partial charge in [0, 0.05) is 16.7 Å². The Bertz CT molecular complexity index is 500. The summed E-state index contributed by atoms with van der Waals surface area (Å²) in [6, 6.07) is 4.95. The number of amides is 2. The maximum Gasteiger partial charge on any atom is 0.337 e. The van der Waals surface area contributed by atoms with Crippen molar-refractivity contribution in [3.05, 3.63) is 27.3 Å². The number of rotatable bonds is 3. The third-order valence-corrected chi connectivity index (χ3v) is 3.54. The van der Waals surface area contributed by atoms with E-state index in [1.807, 2.05) is 22.6 Å². The van der Waals surface area contributed by atoms with E-state index in [1.165, 1.54) is 6.07 Å². The van der Waals surface area contributed by atoms with Gasteiger partial charge in [-0.1, -0.05) is 0 Å². The number of halogens is 1. The van der Waals surface area contributed by atoms with Crippen LogP contribution in [0, 0.1) is 3.57 Å². The number of carboxylic acid groups (broad SMARTS) is 1. The third kappa shape index (κ3) is 2.92. The second kappa shape index (κ2) is 5.13. The number of hydrogen-bond donors (Lipinski definition) is 2. The van der Waals surface area contributed by atoms with E-state index < -0.39 is 5.97 Å². The first-order valence-electron chi connectivity index (χ1n) is 5.55. The first-order chi connectivity index (χ1) is 8.49. The van der Waals surface area contributed by atoms with Crippen molar-refractivity contribution < 1.29 is 14.7 Å². The minimum atomic E-state index is -1.04. The first kappa shape index (κ1) is 13.1. The highest BCUT2D eigenvalue weighted by molar-refractivity contribution is 14.1. The molecule has 1 aliphatic rings. The Labute approximate surface area is 118 Å². The molecule has 1 fully saturated rings. The summed E-state index contributed by atoms with van der Waals surface area (Å²) in [6.07, 6.45) is 2.03. The van der Waals surface area contributed by atoms with Gasteiger partial charge in [-0.15, -0.1) is 0 Å². The predicted molar refractivity (Wildman–Crippen MR) is 75.9 cm³/mol. The zero-order chi connectivity index (χ0) is 13.3. The quantitative estimate of drug-likeness (QED) is 0.815. The smallest absolute Gasteiger partial charge is 0.337 e. The molecule has 0 aromatic heterocycles. The zero-order valence-corrected chi connectivity index (χ0v) is 12.0. The molecule has 0 unspecified atom stereocenters. The van der Waals surface area contributed by atoms with E-state index in [0.717, 1.165) is 16.4 Å². The molecule has 0 atom stereocenters. The lowest BCUT2D eigenvalue weighted by molar-refractivity contribution is 0.0698. The predicted octanol–water partition coefficient (Wildman–Crippen LogP) is 2.62. The van der Waals surface area contributed by atoms with Crippen molar-refractivity contribution in [1.82, 2.24) is 4.90 Å².